The zero-order chi connectivity index (χ0) is 9.97. The second-order valence-corrected chi connectivity index (χ2v) is 2.98. The van der Waals surface area contributed by atoms with Gasteiger partial charge in [0.05, 0.1) is 6.20 Å². The van der Waals surface area contributed by atoms with Crippen molar-refractivity contribution in [2.75, 3.05) is 5.73 Å². The Labute approximate surface area is 94.1 Å². The number of hydrogen-bond acceptors (Lipinski definition) is 3. The number of nitrogens with zero attached hydrogens (tertiary/aromatic N) is 2. The van der Waals surface area contributed by atoms with Crippen LogP contribution < -0.4 is 10.5 Å². The maximum atomic E-state index is 5.68. The minimum Gasteiger partial charge on any atom is -0.436 e. The van der Waals surface area contributed by atoms with Gasteiger partial charge in [0.15, 0.2) is 0 Å². The molecule has 2 aromatic rings. The molecule has 0 amide bonds. The van der Waals surface area contributed by atoms with Crippen LogP contribution in [0.2, 0.25) is 0 Å². The molecule has 0 spiro atoms. The van der Waals surface area contributed by atoms with Crippen molar-refractivity contribution in [3.8, 4) is 11.6 Å². The molecular weight excluding hydrogens is 214 g/mol. The van der Waals surface area contributed by atoms with Gasteiger partial charge in [-0.1, -0.05) is 18.2 Å². The van der Waals surface area contributed by atoms with E-state index in [1.807, 2.05) is 30.3 Å². The van der Waals surface area contributed by atoms with E-state index in [0.29, 0.717) is 11.6 Å². The Kier molecular flexibility index (Phi) is 3.57. The van der Waals surface area contributed by atoms with E-state index in [2.05, 4.69) is 5.10 Å². The van der Waals surface area contributed by atoms with E-state index in [1.54, 1.807) is 17.9 Å². The molecule has 2 rings (SSSR count). The van der Waals surface area contributed by atoms with E-state index in [1.165, 1.54) is 0 Å². The molecule has 0 aliphatic rings. The normalized spacial score (nSPS) is 9.40. The molecule has 1 aromatic heterocycles. The fourth-order valence-corrected chi connectivity index (χ4v) is 1.17. The SMILES string of the molecule is Cl.Cn1cc(N)c(Oc2ccccc2)n1. The molecule has 1 aromatic carbocycles. The van der Waals surface area contributed by atoms with Crippen LogP contribution in [0, 0.1) is 0 Å². The molecule has 4 nitrogen and oxygen atoms in total. The molecule has 80 valence electrons. The van der Waals surface area contributed by atoms with E-state index in [0.717, 1.165) is 5.75 Å². The lowest BCUT2D eigenvalue weighted by Crippen LogP contribution is -1.90. The first-order chi connectivity index (χ1) is 6.75. The first-order valence-corrected chi connectivity index (χ1v) is 4.28. The quantitative estimate of drug-likeness (QED) is 0.853. The number of rotatable bonds is 2. The van der Waals surface area contributed by atoms with Gasteiger partial charge < -0.3 is 10.5 Å². The van der Waals surface area contributed by atoms with E-state index >= 15 is 0 Å². The summed E-state index contributed by atoms with van der Waals surface area (Å²) in [6.45, 7) is 0. The van der Waals surface area contributed by atoms with Crippen LogP contribution in [-0.4, -0.2) is 9.78 Å². The highest BCUT2D eigenvalue weighted by molar-refractivity contribution is 5.85. The summed E-state index contributed by atoms with van der Waals surface area (Å²) < 4.78 is 7.09. The molecule has 0 fully saturated rings. The minimum absolute atomic E-state index is 0. The van der Waals surface area contributed by atoms with Crippen LogP contribution in [0.3, 0.4) is 0 Å². The molecule has 0 bridgehead atoms. The first kappa shape index (κ1) is 11.4. The lowest BCUT2D eigenvalue weighted by molar-refractivity contribution is 0.456. The van der Waals surface area contributed by atoms with Crippen molar-refractivity contribution in [1.82, 2.24) is 9.78 Å². The van der Waals surface area contributed by atoms with Crippen LogP contribution in [-0.2, 0) is 7.05 Å². The fourth-order valence-electron chi connectivity index (χ4n) is 1.17. The lowest BCUT2D eigenvalue weighted by atomic mass is 10.3. The summed E-state index contributed by atoms with van der Waals surface area (Å²) in [4.78, 5) is 0. The average molecular weight is 226 g/mol. The molecule has 0 radical (unpaired) electrons. The van der Waals surface area contributed by atoms with Gasteiger partial charge in [-0.3, -0.25) is 4.68 Å². The van der Waals surface area contributed by atoms with Gasteiger partial charge >= 0.3 is 0 Å². The van der Waals surface area contributed by atoms with Gasteiger partial charge in [0.25, 0.3) is 5.88 Å². The Balaban J connectivity index is 0.00000112. The molecule has 0 unspecified atom stereocenters. The Hall–Kier alpha value is -1.68. The summed E-state index contributed by atoms with van der Waals surface area (Å²) in [5.41, 5.74) is 6.22. The van der Waals surface area contributed by atoms with Gasteiger partial charge in [0, 0.05) is 7.05 Å². The number of halogens is 1. The number of hydrogen-bond donors (Lipinski definition) is 1. The van der Waals surface area contributed by atoms with Crippen molar-refractivity contribution in [2.45, 2.75) is 0 Å². The van der Waals surface area contributed by atoms with Crippen molar-refractivity contribution >= 4 is 18.1 Å². The number of aryl methyl sites for hydroxylation is 1. The average Bonchev–Trinajstić information content (AvgIpc) is 2.47. The standard InChI is InChI=1S/C10H11N3O.ClH/c1-13-7-9(11)10(12-13)14-8-5-3-2-4-6-8;/h2-7H,11H2,1H3;1H. The summed E-state index contributed by atoms with van der Waals surface area (Å²) >= 11 is 0. The first-order valence-electron chi connectivity index (χ1n) is 4.28. The third kappa shape index (κ3) is 2.63. The highest BCUT2D eigenvalue weighted by atomic mass is 35.5. The van der Waals surface area contributed by atoms with Crippen molar-refractivity contribution in [2.24, 2.45) is 7.05 Å². The predicted octanol–water partition coefficient (Wildman–Crippen LogP) is 2.22. The highest BCUT2D eigenvalue weighted by Gasteiger charge is 2.05. The summed E-state index contributed by atoms with van der Waals surface area (Å²) in [6, 6.07) is 9.43. The van der Waals surface area contributed by atoms with Gasteiger partial charge in [-0.2, -0.15) is 0 Å². The number of nitrogen functional groups attached to an aromatic ring is 1. The Morgan fingerprint density at radius 2 is 1.93 bits per heavy atom. The second-order valence-electron chi connectivity index (χ2n) is 2.98. The topological polar surface area (TPSA) is 53.1 Å². The van der Waals surface area contributed by atoms with E-state index in [4.69, 9.17) is 10.5 Å². The maximum Gasteiger partial charge on any atom is 0.261 e. The van der Waals surface area contributed by atoms with Gasteiger partial charge in [-0.05, 0) is 12.1 Å². The van der Waals surface area contributed by atoms with Crippen LogP contribution >= 0.6 is 12.4 Å². The molecule has 5 heteroatoms. The van der Waals surface area contributed by atoms with Crippen LogP contribution in [0.15, 0.2) is 36.5 Å². The van der Waals surface area contributed by atoms with Gasteiger partial charge in [-0.15, -0.1) is 17.5 Å². The zero-order valence-electron chi connectivity index (χ0n) is 8.25. The van der Waals surface area contributed by atoms with E-state index in [9.17, 15) is 0 Å². The molecule has 0 saturated carbocycles. The maximum absolute atomic E-state index is 5.68. The lowest BCUT2D eigenvalue weighted by Gasteiger charge is -2.01. The molecular formula is C10H12ClN3O. The van der Waals surface area contributed by atoms with Crippen LogP contribution in [0.4, 0.5) is 5.69 Å². The van der Waals surface area contributed by atoms with Gasteiger partial charge in [0.2, 0.25) is 0 Å². The van der Waals surface area contributed by atoms with Crippen molar-refractivity contribution in [1.29, 1.82) is 0 Å². The minimum atomic E-state index is 0. The molecule has 0 aliphatic carbocycles. The predicted molar refractivity (Wildman–Crippen MR) is 61.4 cm³/mol. The monoisotopic (exact) mass is 225 g/mol. The third-order valence-electron chi connectivity index (χ3n) is 1.78. The number of para-hydroxylation sites is 1. The third-order valence-corrected chi connectivity index (χ3v) is 1.78. The second kappa shape index (κ2) is 4.70. The van der Waals surface area contributed by atoms with E-state index in [-0.39, 0.29) is 12.4 Å². The fraction of sp³-hybridized carbons (Fsp3) is 0.100. The van der Waals surface area contributed by atoms with Gasteiger partial charge in [0.1, 0.15) is 11.4 Å². The summed E-state index contributed by atoms with van der Waals surface area (Å²) in [5, 5.41) is 4.07. The van der Waals surface area contributed by atoms with Crippen LogP contribution in [0.25, 0.3) is 0 Å². The molecule has 0 saturated heterocycles. The molecule has 15 heavy (non-hydrogen) atoms. The number of ether oxygens (including phenoxy) is 1. The van der Waals surface area contributed by atoms with Crippen molar-refractivity contribution in [3.63, 3.8) is 0 Å². The Bertz CT molecular complexity index is 427. The van der Waals surface area contributed by atoms with Crippen molar-refractivity contribution < 1.29 is 4.74 Å². The Morgan fingerprint density at radius 1 is 1.27 bits per heavy atom. The number of aromatic nitrogens is 2. The molecule has 0 aliphatic heterocycles. The van der Waals surface area contributed by atoms with Crippen LogP contribution in [0.5, 0.6) is 11.6 Å². The Morgan fingerprint density at radius 3 is 2.47 bits per heavy atom. The van der Waals surface area contributed by atoms with Gasteiger partial charge in [-0.25, -0.2) is 0 Å². The number of nitrogens with two attached hydrogens (primary N) is 1. The number of anilines is 1. The van der Waals surface area contributed by atoms with Crippen LogP contribution in [0.1, 0.15) is 0 Å². The van der Waals surface area contributed by atoms with Crippen molar-refractivity contribution in [3.05, 3.63) is 36.5 Å². The largest absolute Gasteiger partial charge is 0.436 e. The summed E-state index contributed by atoms with van der Waals surface area (Å²) in [6.07, 6.45) is 1.71. The number of benzene rings is 1. The molecule has 0 atom stereocenters. The smallest absolute Gasteiger partial charge is 0.261 e. The molecule has 2 N–H and O–H groups in total. The highest BCUT2D eigenvalue weighted by Crippen LogP contribution is 2.24. The summed E-state index contributed by atoms with van der Waals surface area (Å²) in [7, 11) is 1.80. The summed E-state index contributed by atoms with van der Waals surface area (Å²) in [5.74, 6) is 1.18. The zero-order valence-corrected chi connectivity index (χ0v) is 9.07. The van der Waals surface area contributed by atoms with E-state index < -0.39 is 0 Å². The molecule has 1 heterocycles.